The monoisotopic (exact) mass is 396 g/mol. The van der Waals surface area contributed by atoms with Gasteiger partial charge in [-0.25, -0.2) is 0 Å². The SMILES string of the molecule is CC(C)[C@@H](C)/C=C\[C@H](C)[C@H]1CC[C@@H]2C3=CC=C4C[C@@H](O)CC[C@]4(C)[C@@H]3CC[C@]21C. The second kappa shape index (κ2) is 7.70. The molecule has 0 amide bonds. The fourth-order valence-electron chi connectivity index (χ4n) is 7.59. The predicted octanol–water partition coefficient (Wildman–Crippen LogP) is 7.33. The molecular formula is C28H44O. The van der Waals surface area contributed by atoms with Gasteiger partial charge in [-0.15, -0.1) is 0 Å². The van der Waals surface area contributed by atoms with Crippen LogP contribution in [-0.4, -0.2) is 11.2 Å². The van der Waals surface area contributed by atoms with Crippen molar-refractivity contribution < 1.29 is 5.11 Å². The molecule has 1 N–H and O–H groups in total. The third-order valence-electron chi connectivity index (χ3n) is 10.0. The molecule has 1 heteroatoms. The van der Waals surface area contributed by atoms with Crippen molar-refractivity contribution in [2.24, 2.45) is 46.3 Å². The van der Waals surface area contributed by atoms with Crippen molar-refractivity contribution in [3.05, 3.63) is 35.5 Å². The van der Waals surface area contributed by atoms with Crippen LogP contribution in [0.2, 0.25) is 0 Å². The number of hydrogen-bond acceptors (Lipinski definition) is 1. The number of allylic oxidation sites excluding steroid dienone is 5. The number of fused-ring (bicyclic) bond motifs is 5. The Morgan fingerprint density at radius 3 is 2.41 bits per heavy atom. The van der Waals surface area contributed by atoms with Crippen LogP contribution in [0.4, 0.5) is 0 Å². The summed E-state index contributed by atoms with van der Waals surface area (Å²) in [6.07, 6.45) is 18.4. The summed E-state index contributed by atoms with van der Waals surface area (Å²) >= 11 is 0. The van der Waals surface area contributed by atoms with Crippen LogP contribution in [0.1, 0.15) is 86.5 Å². The van der Waals surface area contributed by atoms with Gasteiger partial charge in [0.2, 0.25) is 0 Å². The zero-order valence-corrected chi connectivity index (χ0v) is 19.7. The molecule has 0 unspecified atom stereocenters. The van der Waals surface area contributed by atoms with E-state index in [-0.39, 0.29) is 6.10 Å². The average Bonchev–Trinajstić information content (AvgIpc) is 3.03. The van der Waals surface area contributed by atoms with E-state index in [9.17, 15) is 5.11 Å². The standard InChI is InChI=1S/C28H44O/c1-18(2)19(3)7-8-20(4)24-11-12-25-23-10-9-21-17-22(29)13-15-27(21,5)26(23)14-16-28(24,25)6/h7-10,18-20,22,24-26,29H,11-17H2,1-6H3/b8-7-/t19-,20-,22-,24+,25+,26+,27-,28-/m0/s1. The molecule has 4 rings (SSSR count). The summed E-state index contributed by atoms with van der Waals surface area (Å²) in [5, 5.41) is 10.2. The first-order valence-corrected chi connectivity index (χ1v) is 12.4. The Morgan fingerprint density at radius 2 is 1.69 bits per heavy atom. The Hall–Kier alpha value is -0.820. The lowest BCUT2D eigenvalue weighted by molar-refractivity contribution is 0.0382. The second-order valence-corrected chi connectivity index (χ2v) is 11.9. The summed E-state index contributed by atoms with van der Waals surface area (Å²) in [5.41, 5.74) is 4.07. The molecule has 0 aromatic rings. The Morgan fingerprint density at radius 1 is 0.931 bits per heavy atom. The third-order valence-corrected chi connectivity index (χ3v) is 10.0. The summed E-state index contributed by atoms with van der Waals surface area (Å²) in [4.78, 5) is 0. The van der Waals surface area contributed by atoms with Gasteiger partial charge in [-0.2, -0.15) is 0 Å². The number of hydrogen-bond donors (Lipinski definition) is 1. The lowest BCUT2D eigenvalue weighted by Crippen LogP contribution is -2.46. The van der Waals surface area contributed by atoms with Crippen molar-refractivity contribution in [1.82, 2.24) is 0 Å². The Kier molecular flexibility index (Phi) is 5.69. The third kappa shape index (κ3) is 3.50. The molecule has 0 aliphatic heterocycles. The van der Waals surface area contributed by atoms with Crippen LogP contribution in [-0.2, 0) is 0 Å². The highest BCUT2D eigenvalue weighted by molar-refractivity contribution is 5.39. The normalized spacial score (nSPS) is 44.0. The summed E-state index contributed by atoms with van der Waals surface area (Å²) in [5.74, 6) is 4.38. The summed E-state index contributed by atoms with van der Waals surface area (Å²) in [6.45, 7) is 14.6. The minimum Gasteiger partial charge on any atom is -0.393 e. The Labute approximate surface area is 179 Å². The van der Waals surface area contributed by atoms with Crippen LogP contribution in [0, 0.1) is 46.3 Å². The lowest BCUT2D eigenvalue weighted by atomic mass is 9.50. The molecule has 0 radical (unpaired) electrons. The minimum atomic E-state index is -0.116. The molecule has 0 aromatic heterocycles. The highest BCUT2D eigenvalue weighted by atomic mass is 16.3. The second-order valence-electron chi connectivity index (χ2n) is 11.9. The fraction of sp³-hybridized carbons (Fsp3) is 0.786. The van der Waals surface area contributed by atoms with E-state index in [0.717, 1.165) is 36.5 Å². The van der Waals surface area contributed by atoms with Gasteiger partial charge in [-0.05, 0) is 91.3 Å². The maximum atomic E-state index is 10.2. The molecular weight excluding hydrogens is 352 g/mol. The first-order valence-electron chi connectivity index (χ1n) is 12.4. The van der Waals surface area contributed by atoms with E-state index in [1.165, 1.54) is 37.7 Å². The van der Waals surface area contributed by atoms with Crippen LogP contribution in [0.25, 0.3) is 0 Å². The van der Waals surface area contributed by atoms with Gasteiger partial charge in [0.05, 0.1) is 6.10 Å². The zero-order valence-electron chi connectivity index (χ0n) is 19.7. The Bertz CT molecular complexity index is 712. The smallest absolute Gasteiger partial charge is 0.0578 e. The topological polar surface area (TPSA) is 20.2 Å². The molecule has 3 fully saturated rings. The summed E-state index contributed by atoms with van der Waals surface area (Å²) in [7, 11) is 0. The number of rotatable bonds is 4. The maximum Gasteiger partial charge on any atom is 0.0578 e. The first kappa shape index (κ1) is 21.4. The van der Waals surface area contributed by atoms with E-state index >= 15 is 0 Å². The van der Waals surface area contributed by atoms with Gasteiger partial charge in [0.15, 0.2) is 0 Å². The van der Waals surface area contributed by atoms with Gasteiger partial charge in [0, 0.05) is 0 Å². The molecule has 0 saturated heterocycles. The minimum absolute atomic E-state index is 0.116. The molecule has 0 spiro atoms. The molecule has 3 saturated carbocycles. The number of aliphatic hydroxyl groups is 1. The van der Waals surface area contributed by atoms with Crippen LogP contribution in [0.15, 0.2) is 35.5 Å². The van der Waals surface area contributed by atoms with Gasteiger partial charge >= 0.3 is 0 Å². The van der Waals surface area contributed by atoms with Crippen molar-refractivity contribution >= 4 is 0 Å². The largest absolute Gasteiger partial charge is 0.393 e. The molecule has 0 bridgehead atoms. The van der Waals surface area contributed by atoms with Crippen molar-refractivity contribution in [3.8, 4) is 0 Å². The highest BCUT2D eigenvalue weighted by Crippen LogP contribution is 2.65. The van der Waals surface area contributed by atoms with Gasteiger partial charge in [0.25, 0.3) is 0 Å². The predicted molar refractivity (Wildman–Crippen MR) is 123 cm³/mol. The molecule has 162 valence electrons. The highest BCUT2D eigenvalue weighted by Gasteiger charge is 2.56. The molecule has 4 aliphatic rings. The van der Waals surface area contributed by atoms with Gasteiger partial charge in [-0.3, -0.25) is 0 Å². The fourth-order valence-corrected chi connectivity index (χ4v) is 7.59. The van der Waals surface area contributed by atoms with Crippen LogP contribution in [0.3, 0.4) is 0 Å². The Balaban J connectivity index is 1.57. The van der Waals surface area contributed by atoms with E-state index < -0.39 is 0 Å². The van der Waals surface area contributed by atoms with Crippen LogP contribution in [0.5, 0.6) is 0 Å². The summed E-state index contributed by atoms with van der Waals surface area (Å²) in [6, 6.07) is 0. The van der Waals surface area contributed by atoms with Gasteiger partial charge < -0.3 is 5.11 Å². The van der Waals surface area contributed by atoms with Crippen molar-refractivity contribution in [3.63, 3.8) is 0 Å². The van der Waals surface area contributed by atoms with E-state index in [0.29, 0.717) is 22.7 Å². The van der Waals surface area contributed by atoms with E-state index in [1.807, 2.05) is 0 Å². The van der Waals surface area contributed by atoms with Crippen LogP contribution < -0.4 is 0 Å². The zero-order chi connectivity index (χ0) is 21.0. The van der Waals surface area contributed by atoms with Crippen molar-refractivity contribution in [2.45, 2.75) is 92.6 Å². The van der Waals surface area contributed by atoms with E-state index in [2.05, 4.69) is 65.8 Å². The lowest BCUT2D eigenvalue weighted by Gasteiger charge is -2.55. The van der Waals surface area contributed by atoms with Crippen LogP contribution >= 0.6 is 0 Å². The van der Waals surface area contributed by atoms with Gasteiger partial charge in [-0.1, -0.05) is 77.0 Å². The van der Waals surface area contributed by atoms with Crippen molar-refractivity contribution in [2.75, 3.05) is 0 Å². The quantitative estimate of drug-likeness (QED) is 0.493. The number of aliphatic hydroxyl groups excluding tert-OH is 1. The average molecular weight is 397 g/mol. The molecule has 4 aliphatic carbocycles. The molecule has 0 aromatic carbocycles. The molecule has 0 heterocycles. The van der Waals surface area contributed by atoms with E-state index in [1.54, 1.807) is 5.57 Å². The first-order chi connectivity index (χ1) is 13.7. The van der Waals surface area contributed by atoms with Gasteiger partial charge in [0.1, 0.15) is 0 Å². The maximum absolute atomic E-state index is 10.2. The molecule has 8 atom stereocenters. The summed E-state index contributed by atoms with van der Waals surface area (Å²) < 4.78 is 0. The van der Waals surface area contributed by atoms with E-state index in [4.69, 9.17) is 0 Å². The van der Waals surface area contributed by atoms with Crippen molar-refractivity contribution in [1.29, 1.82) is 0 Å². The molecule has 29 heavy (non-hydrogen) atoms. The molecule has 1 nitrogen and oxygen atoms in total.